The van der Waals surface area contributed by atoms with Crippen molar-refractivity contribution < 1.29 is 23.8 Å². The second-order valence-electron chi connectivity index (χ2n) is 7.20. The zero-order chi connectivity index (χ0) is 20.5. The van der Waals surface area contributed by atoms with Gasteiger partial charge in [-0.2, -0.15) is 0 Å². The Morgan fingerprint density at radius 1 is 1.31 bits per heavy atom. The van der Waals surface area contributed by atoms with Gasteiger partial charge in [-0.15, -0.1) is 0 Å². The van der Waals surface area contributed by atoms with Gasteiger partial charge in [0.05, 0.1) is 13.2 Å². The third-order valence-corrected chi connectivity index (χ3v) is 5.48. The molecule has 7 nitrogen and oxygen atoms in total. The second kappa shape index (κ2) is 7.81. The number of nitrogens with one attached hydrogen (secondary N) is 2. The van der Waals surface area contributed by atoms with E-state index in [1.807, 2.05) is 12.1 Å². The number of methoxy groups -OCH3 is 1. The molecular weight excluding hydrogens is 377 g/mol. The number of carbonyl (C=O) groups is 2. The fourth-order valence-electron chi connectivity index (χ4n) is 3.92. The van der Waals surface area contributed by atoms with Crippen LogP contribution < -0.4 is 15.4 Å². The van der Waals surface area contributed by atoms with Crippen LogP contribution in [0.2, 0.25) is 0 Å². The molecule has 0 bridgehead atoms. The number of aliphatic hydroxyl groups excluding tert-OH is 1. The lowest BCUT2D eigenvalue weighted by atomic mass is 10.0. The average Bonchev–Trinajstić information content (AvgIpc) is 3.04. The van der Waals surface area contributed by atoms with E-state index in [2.05, 4.69) is 10.6 Å². The molecule has 0 spiro atoms. The molecule has 2 heterocycles. The fourth-order valence-corrected chi connectivity index (χ4v) is 3.92. The van der Waals surface area contributed by atoms with E-state index in [0.717, 1.165) is 11.3 Å². The number of aliphatic hydroxyl groups is 1. The van der Waals surface area contributed by atoms with Crippen molar-refractivity contribution in [2.75, 3.05) is 12.4 Å². The zero-order valence-corrected chi connectivity index (χ0v) is 15.9. The molecule has 0 radical (unpaired) electrons. The molecule has 152 valence electrons. The number of nitrogens with zero attached hydrogens (tertiary/aromatic N) is 1. The Morgan fingerprint density at radius 3 is 2.90 bits per heavy atom. The van der Waals surface area contributed by atoms with Gasteiger partial charge in [-0.05, 0) is 36.2 Å². The molecule has 0 saturated carbocycles. The molecule has 2 aromatic rings. The van der Waals surface area contributed by atoms with Crippen LogP contribution in [0.5, 0.6) is 5.75 Å². The monoisotopic (exact) mass is 399 g/mol. The van der Waals surface area contributed by atoms with E-state index in [1.54, 1.807) is 23.1 Å². The van der Waals surface area contributed by atoms with Gasteiger partial charge in [0.15, 0.2) is 0 Å². The summed E-state index contributed by atoms with van der Waals surface area (Å²) < 4.78 is 19.3. The summed E-state index contributed by atoms with van der Waals surface area (Å²) in [5.74, 6) is -0.446. The van der Waals surface area contributed by atoms with Crippen LogP contribution in [-0.2, 0) is 22.7 Å². The lowest BCUT2D eigenvalue weighted by Gasteiger charge is -2.31. The van der Waals surface area contributed by atoms with Crippen molar-refractivity contribution in [1.82, 2.24) is 10.2 Å². The van der Waals surface area contributed by atoms with Crippen molar-refractivity contribution in [2.24, 2.45) is 0 Å². The van der Waals surface area contributed by atoms with Crippen LogP contribution in [0.15, 0.2) is 36.4 Å². The maximum absolute atomic E-state index is 14.1. The highest BCUT2D eigenvalue weighted by Gasteiger charge is 2.40. The van der Waals surface area contributed by atoms with Crippen LogP contribution in [-0.4, -0.2) is 35.0 Å². The molecule has 2 aliphatic rings. The van der Waals surface area contributed by atoms with Gasteiger partial charge in [0.1, 0.15) is 17.8 Å². The first-order chi connectivity index (χ1) is 14.0. The van der Waals surface area contributed by atoms with Crippen molar-refractivity contribution >= 4 is 17.5 Å². The summed E-state index contributed by atoms with van der Waals surface area (Å²) in [7, 11) is 1.53. The van der Waals surface area contributed by atoms with Gasteiger partial charge in [0, 0.05) is 36.3 Å². The van der Waals surface area contributed by atoms with Crippen molar-refractivity contribution in [2.45, 2.75) is 38.2 Å². The summed E-state index contributed by atoms with van der Waals surface area (Å²) in [4.78, 5) is 25.3. The minimum atomic E-state index is -0.941. The minimum absolute atomic E-state index is 0.244. The standard InChI is InChI=1S/C21H22FN3O4/c1-29-13-5-6-16(22)12(9-13)10-23-17-4-2-3-14-15(17)11-25(21(14)28)18-7-8-19(26)24-20(18)27/h2-6,9,18,21,23,28H,7-8,10-11H2,1H3,(H,24,26,27)/t18-,21?/m1/s1. The van der Waals surface area contributed by atoms with Crippen LogP contribution >= 0.6 is 0 Å². The van der Waals surface area contributed by atoms with E-state index in [9.17, 15) is 19.1 Å². The Bertz CT molecular complexity index is 965. The Labute approximate surface area is 167 Å². The summed E-state index contributed by atoms with van der Waals surface area (Å²) in [5.41, 5.74) is 2.78. The van der Waals surface area contributed by atoms with Gasteiger partial charge >= 0.3 is 0 Å². The van der Waals surface area contributed by atoms with E-state index in [0.29, 0.717) is 29.8 Å². The lowest BCUT2D eigenvalue weighted by Crippen LogP contribution is -2.51. The number of rotatable bonds is 5. The molecule has 4 rings (SSSR count). The smallest absolute Gasteiger partial charge is 0.244 e. The lowest BCUT2D eigenvalue weighted by molar-refractivity contribution is -0.141. The van der Waals surface area contributed by atoms with Crippen LogP contribution in [0.25, 0.3) is 0 Å². The number of imide groups is 1. The molecule has 29 heavy (non-hydrogen) atoms. The van der Waals surface area contributed by atoms with E-state index in [-0.39, 0.29) is 30.6 Å². The Kier molecular flexibility index (Phi) is 5.21. The van der Waals surface area contributed by atoms with Crippen LogP contribution in [0.3, 0.4) is 0 Å². The maximum Gasteiger partial charge on any atom is 0.244 e. The molecule has 1 unspecified atom stereocenters. The summed E-state index contributed by atoms with van der Waals surface area (Å²) in [6, 6.07) is 9.46. The van der Waals surface area contributed by atoms with E-state index in [1.165, 1.54) is 13.2 Å². The minimum Gasteiger partial charge on any atom is -0.497 e. The first-order valence-electron chi connectivity index (χ1n) is 9.43. The molecule has 0 aromatic heterocycles. The van der Waals surface area contributed by atoms with Gasteiger partial charge < -0.3 is 15.2 Å². The highest BCUT2D eigenvalue weighted by Crippen LogP contribution is 2.38. The number of fused-ring (bicyclic) bond motifs is 1. The van der Waals surface area contributed by atoms with Crippen molar-refractivity contribution in [3.05, 3.63) is 58.9 Å². The number of hydrogen-bond donors (Lipinski definition) is 3. The number of ether oxygens (including phenoxy) is 1. The number of anilines is 1. The molecule has 8 heteroatoms. The molecule has 0 aliphatic carbocycles. The predicted octanol–water partition coefficient (Wildman–Crippen LogP) is 2.06. The number of halogens is 1. The molecule has 1 saturated heterocycles. The molecule has 2 atom stereocenters. The molecule has 2 amide bonds. The van der Waals surface area contributed by atoms with E-state index < -0.39 is 12.3 Å². The topological polar surface area (TPSA) is 90.9 Å². The van der Waals surface area contributed by atoms with Gasteiger partial charge in [0.2, 0.25) is 11.8 Å². The molecule has 2 aliphatic heterocycles. The highest BCUT2D eigenvalue weighted by atomic mass is 19.1. The highest BCUT2D eigenvalue weighted by molar-refractivity contribution is 6.00. The maximum atomic E-state index is 14.1. The van der Waals surface area contributed by atoms with Crippen LogP contribution in [0.1, 0.15) is 35.8 Å². The van der Waals surface area contributed by atoms with Crippen LogP contribution in [0.4, 0.5) is 10.1 Å². The van der Waals surface area contributed by atoms with E-state index in [4.69, 9.17) is 4.74 Å². The summed E-state index contributed by atoms with van der Waals surface area (Å²) in [6.07, 6.45) is -0.326. The summed E-state index contributed by atoms with van der Waals surface area (Å²) >= 11 is 0. The first-order valence-corrected chi connectivity index (χ1v) is 9.43. The molecular formula is C21H22FN3O4. The molecule has 1 fully saturated rings. The van der Waals surface area contributed by atoms with Gasteiger partial charge in [-0.1, -0.05) is 12.1 Å². The second-order valence-corrected chi connectivity index (χ2v) is 7.20. The molecule has 3 N–H and O–H groups in total. The number of amides is 2. The third kappa shape index (κ3) is 3.68. The zero-order valence-electron chi connectivity index (χ0n) is 15.9. The van der Waals surface area contributed by atoms with Gasteiger partial charge in [0.25, 0.3) is 0 Å². The summed E-state index contributed by atoms with van der Waals surface area (Å²) in [6.45, 7) is 0.598. The van der Waals surface area contributed by atoms with Gasteiger partial charge in [-0.3, -0.25) is 19.8 Å². The normalized spacial score (nSPS) is 21.6. The van der Waals surface area contributed by atoms with Crippen molar-refractivity contribution in [3.63, 3.8) is 0 Å². The van der Waals surface area contributed by atoms with Gasteiger partial charge in [-0.25, -0.2) is 4.39 Å². The first kappa shape index (κ1) is 19.4. The van der Waals surface area contributed by atoms with Crippen molar-refractivity contribution in [1.29, 1.82) is 0 Å². The fraction of sp³-hybridized carbons (Fsp3) is 0.333. The van der Waals surface area contributed by atoms with Crippen molar-refractivity contribution in [3.8, 4) is 5.75 Å². The number of carbonyl (C=O) groups excluding carboxylic acids is 2. The number of benzene rings is 2. The Morgan fingerprint density at radius 2 is 2.14 bits per heavy atom. The number of hydrogen-bond acceptors (Lipinski definition) is 6. The number of piperidine rings is 1. The van der Waals surface area contributed by atoms with Crippen LogP contribution in [0, 0.1) is 5.82 Å². The quantitative estimate of drug-likeness (QED) is 0.667. The Balaban J connectivity index is 1.53. The molecule has 2 aromatic carbocycles. The largest absolute Gasteiger partial charge is 0.497 e. The Hall–Kier alpha value is -2.97. The van der Waals surface area contributed by atoms with E-state index >= 15 is 0 Å². The predicted molar refractivity (Wildman–Crippen MR) is 103 cm³/mol. The third-order valence-electron chi connectivity index (χ3n) is 5.48. The SMILES string of the molecule is COc1ccc(F)c(CNc2cccc3c2CN([C@@H]2CCC(=O)NC2=O)C3O)c1. The average molecular weight is 399 g/mol. The summed E-state index contributed by atoms with van der Waals surface area (Å²) in [5, 5.41) is 16.3.